The molecule has 4 heteroatoms. The summed E-state index contributed by atoms with van der Waals surface area (Å²) in [6.07, 6.45) is 0.710. The molecule has 0 aromatic heterocycles. The molecule has 0 aliphatic heterocycles. The summed E-state index contributed by atoms with van der Waals surface area (Å²) >= 11 is 0. The highest BCUT2D eigenvalue weighted by atomic mass is 16.6. The molecule has 98 valence electrons. The molecule has 0 aromatic rings. The van der Waals surface area contributed by atoms with E-state index in [4.69, 9.17) is 9.94 Å². The minimum Gasteiger partial charge on any atom is -0.481 e. The number of hydrogen-bond acceptors (Lipinski definition) is 3. The highest BCUT2D eigenvalue weighted by Crippen LogP contribution is 2.60. The van der Waals surface area contributed by atoms with Crippen molar-refractivity contribution in [2.45, 2.75) is 41.0 Å². The van der Waals surface area contributed by atoms with Crippen molar-refractivity contribution in [2.24, 2.45) is 28.3 Å². The van der Waals surface area contributed by atoms with Gasteiger partial charge in [-0.05, 0) is 30.6 Å². The van der Waals surface area contributed by atoms with Crippen molar-refractivity contribution < 1.29 is 14.7 Å². The van der Waals surface area contributed by atoms with Crippen molar-refractivity contribution >= 4 is 11.7 Å². The maximum Gasteiger partial charge on any atom is 0.307 e. The lowest BCUT2D eigenvalue weighted by Gasteiger charge is -2.05. The van der Waals surface area contributed by atoms with Crippen molar-refractivity contribution in [1.29, 1.82) is 0 Å². The molecule has 1 saturated carbocycles. The average molecular weight is 241 g/mol. The second-order valence-electron chi connectivity index (χ2n) is 5.96. The summed E-state index contributed by atoms with van der Waals surface area (Å²) in [5.74, 6) is -0.296. The predicted octanol–water partition coefficient (Wildman–Crippen LogP) is 2.78. The van der Waals surface area contributed by atoms with Crippen LogP contribution in [0.4, 0.5) is 0 Å². The number of rotatable bonds is 6. The van der Waals surface area contributed by atoms with Gasteiger partial charge < -0.3 is 9.94 Å². The van der Waals surface area contributed by atoms with E-state index in [0.29, 0.717) is 18.9 Å². The third kappa shape index (κ3) is 3.45. The van der Waals surface area contributed by atoms with Gasteiger partial charge in [0.2, 0.25) is 0 Å². The Labute approximate surface area is 103 Å². The number of nitrogens with zero attached hydrogens (tertiary/aromatic N) is 1. The summed E-state index contributed by atoms with van der Waals surface area (Å²) in [6.45, 7) is 10.6. The molecule has 2 atom stereocenters. The summed E-state index contributed by atoms with van der Waals surface area (Å²) in [4.78, 5) is 16.2. The molecule has 0 bridgehead atoms. The SMILES string of the molecule is CC(C[C@H]1[C@@H](C(=O)O)C1(C)C)=NOCC(C)C. The topological polar surface area (TPSA) is 58.9 Å². The first-order valence-corrected chi connectivity index (χ1v) is 6.15. The van der Waals surface area contributed by atoms with Gasteiger partial charge in [-0.1, -0.05) is 32.9 Å². The van der Waals surface area contributed by atoms with Gasteiger partial charge in [-0.25, -0.2) is 0 Å². The van der Waals surface area contributed by atoms with E-state index in [9.17, 15) is 4.79 Å². The molecule has 17 heavy (non-hydrogen) atoms. The third-order valence-corrected chi connectivity index (χ3v) is 3.46. The maximum atomic E-state index is 11.0. The van der Waals surface area contributed by atoms with Gasteiger partial charge in [0.05, 0.1) is 11.6 Å². The van der Waals surface area contributed by atoms with E-state index in [1.807, 2.05) is 20.8 Å². The standard InChI is InChI=1S/C13H23NO3/c1-8(2)7-17-14-9(3)6-10-11(12(15)16)13(10,4)5/h8,10-11H,6-7H2,1-5H3,(H,15,16)/t10-,11-/m0/s1. The molecule has 0 amide bonds. The van der Waals surface area contributed by atoms with Gasteiger partial charge in [-0.3, -0.25) is 4.79 Å². The Hall–Kier alpha value is -1.06. The first-order valence-electron chi connectivity index (χ1n) is 6.15. The molecule has 0 radical (unpaired) electrons. The van der Waals surface area contributed by atoms with Crippen LogP contribution in [0.5, 0.6) is 0 Å². The molecule has 0 unspecified atom stereocenters. The fourth-order valence-electron chi connectivity index (χ4n) is 2.27. The van der Waals surface area contributed by atoms with Crippen LogP contribution in [0.3, 0.4) is 0 Å². The van der Waals surface area contributed by atoms with Crippen molar-refractivity contribution in [3.63, 3.8) is 0 Å². The zero-order valence-corrected chi connectivity index (χ0v) is 11.4. The lowest BCUT2D eigenvalue weighted by atomic mass is 10.1. The number of carboxylic acid groups (broad SMARTS) is 1. The summed E-state index contributed by atoms with van der Waals surface area (Å²) in [6, 6.07) is 0. The first kappa shape index (κ1) is 14.0. The summed E-state index contributed by atoms with van der Waals surface area (Å²) in [7, 11) is 0. The van der Waals surface area contributed by atoms with Gasteiger partial charge in [-0.15, -0.1) is 0 Å². The predicted molar refractivity (Wildman–Crippen MR) is 66.9 cm³/mol. The van der Waals surface area contributed by atoms with Gasteiger partial charge >= 0.3 is 5.97 Å². The van der Waals surface area contributed by atoms with E-state index < -0.39 is 5.97 Å². The van der Waals surface area contributed by atoms with E-state index in [-0.39, 0.29) is 17.3 Å². The Balaban J connectivity index is 2.43. The van der Waals surface area contributed by atoms with Crippen LogP contribution in [0.25, 0.3) is 0 Å². The van der Waals surface area contributed by atoms with E-state index in [2.05, 4.69) is 19.0 Å². The second-order valence-corrected chi connectivity index (χ2v) is 5.96. The number of oxime groups is 1. The monoisotopic (exact) mass is 241 g/mol. The summed E-state index contributed by atoms with van der Waals surface area (Å²) in [5, 5.41) is 13.1. The van der Waals surface area contributed by atoms with Crippen molar-refractivity contribution in [3.8, 4) is 0 Å². The lowest BCUT2D eigenvalue weighted by molar-refractivity contribution is -0.139. The van der Waals surface area contributed by atoms with Crippen LogP contribution < -0.4 is 0 Å². The van der Waals surface area contributed by atoms with Gasteiger partial charge in [0.1, 0.15) is 6.61 Å². The van der Waals surface area contributed by atoms with Crippen LogP contribution in [0.15, 0.2) is 5.16 Å². The molecular weight excluding hydrogens is 218 g/mol. The van der Waals surface area contributed by atoms with Crippen molar-refractivity contribution in [3.05, 3.63) is 0 Å². The molecule has 1 rings (SSSR count). The Morgan fingerprint density at radius 2 is 2.06 bits per heavy atom. The van der Waals surface area contributed by atoms with Gasteiger partial charge in [0.25, 0.3) is 0 Å². The van der Waals surface area contributed by atoms with E-state index in [1.54, 1.807) is 0 Å². The summed E-state index contributed by atoms with van der Waals surface area (Å²) in [5.41, 5.74) is 0.771. The van der Waals surface area contributed by atoms with Crippen LogP contribution in [-0.4, -0.2) is 23.4 Å². The number of carbonyl (C=O) groups is 1. The molecule has 0 heterocycles. The smallest absolute Gasteiger partial charge is 0.307 e. The molecule has 1 aliphatic rings. The maximum absolute atomic E-state index is 11.0. The molecule has 1 aliphatic carbocycles. The average Bonchev–Trinajstić information content (AvgIpc) is 2.67. The quantitative estimate of drug-likeness (QED) is 0.574. The zero-order chi connectivity index (χ0) is 13.2. The molecule has 0 aromatic carbocycles. The fourth-order valence-corrected chi connectivity index (χ4v) is 2.27. The minimum absolute atomic E-state index is 0.110. The van der Waals surface area contributed by atoms with Crippen LogP contribution in [0, 0.1) is 23.2 Å². The third-order valence-electron chi connectivity index (χ3n) is 3.46. The number of carboxylic acids is 1. The highest BCUT2D eigenvalue weighted by molar-refractivity contribution is 5.84. The van der Waals surface area contributed by atoms with E-state index in [1.165, 1.54) is 0 Å². The molecule has 0 saturated heterocycles. The second kappa shape index (κ2) is 5.07. The lowest BCUT2D eigenvalue weighted by Crippen LogP contribution is -2.04. The van der Waals surface area contributed by atoms with Crippen LogP contribution in [-0.2, 0) is 9.63 Å². The first-order chi connectivity index (χ1) is 7.76. The summed E-state index contributed by atoms with van der Waals surface area (Å²) < 4.78 is 0. The molecule has 4 nitrogen and oxygen atoms in total. The van der Waals surface area contributed by atoms with Gasteiger partial charge in [0.15, 0.2) is 0 Å². The highest BCUT2D eigenvalue weighted by Gasteiger charge is 2.61. The minimum atomic E-state index is -0.698. The number of hydrogen-bond donors (Lipinski definition) is 1. The Morgan fingerprint density at radius 1 is 1.47 bits per heavy atom. The van der Waals surface area contributed by atoms with Crippen LogP contribution in [0.1, 0.15) is 41.0 Å². The Kier molecular flexibility index (Phi) is 4.17. The van der Waals surface area contributed by atoms with E-state index >= 15 is 0 Å². The Morgan fingerprint density at radius 3 is 2.47 bits per heavy atom. The van der Waals surface area contributed by atoms with Gasteiger partial charge in [0, 0.05) is 0 Å². The Bertz CT molecular complexity index is 321. The molecule has 1 fully saturated rings. The normalized spacial score (nSPS) is 27.1. The van der Waals surface area contributed by atoms with Gasteiger partial charge in [-0.2, -0.15) is 0 Å². The van der Waals surface area contributed by atoms with Crippen molar-refractivity contribution in [2.75, 3.05) is 6.61 Å². The molecule has 0 spiro atoms. The number of aliphatic carboxylic acids is 1. The largest absolute Gasteiger partial charge is 0.481 e. The molecule has 1 N–H and O–H groups in total. The fraction of sp³-hybridized carbons (Fsp3) is 0.846. The zero-order valence-electron chi connectivity index (χ0n) is 11.4. The molecular formula is C13H23NO3. The van der Waals surface area contributed by atoms with Crippen LogP contribution in [0.2, 0.25) is 0 Å². The van der Waals surface area contributed by atoms with E-state index in [0.717, 1.165) is 5.71 Å². The van der Waals surface area contributed by atoms with Crippen molar-refractivity contribution in [1.82, 2.24) is 0 Å². The van der Waals surface area contributed by atoms with Crippen LogP contribution >= 0.6 is 0 Å².